The number of carboxylic acid groups (broad SMARTS) is 1. The summed E-state index contributed by atoms with van der Waals surface area (Å²) < 4.78 is 5.61. The lowest BCUT2D eigenvalue weighted by Crippen LogP contribution is -2.51. The third kappa shape index (κ3) is 4.43. The quantitative estimate of drug-likeness (QED) is 0.687. The Kier molecular flexibility index (Phi) is 5.56. The smallest absolute Gasteiger partial charge is 0.327 e. The van der Waals surface area contributed by atoms with Crippen molar-refractivity contribution in [1.82, 2.24) is 9.80 Å². The van der Waals surface area contributed by atoms with Gasteiger partial charge in [0, 0.05) is 6.54 Å². The Morgan fingerprint density at radius 2 is 1.82 bits per heavy atom. The summed E-state index contributed by atoms with van der Waals surface area (Å²) in [5, 5.41) is 8.85. The van der Waals surface area contributed by atoms with Crippen LogP contribution in [0.3, 0.4) is 0 Å². The average Bonchev–Trinajstić information content (AvgIpc) is 2.62. The molecular formula is C15H26N2O5. The molecule has 1 fully saturated rings. The molecule has 1 N–H and O–H groups in total. The summed E-state index contributed by atoms with van der Waals surface area (Å²) in [6, 6.07) is -0.300. The number of nitrogens with zero attached hydrogens (tertiary/aromatic N) is 2. The molecule has 1 aliphatic heterocycles. The first-order valence-electron chi connectivity index (χ1n) is 7.42. The van der Waals surface area contributed by atoms with Crippen LogP contribution in [0.5, 0.6) is 0 Å². The Labute approximate surface area is 131 Å². The van der Waals surface area contributed by atoms with Gasteiger partial charge in [-0.2, -0.15) is 0 Å². The van der Waals surface area contributed by atoms with E-state index in [4.69, 9.17) is 9.84 Å². The predicted molar refractivity (Wildman–Crippen MR) is 80.4 cm³/mol. The summed E-state index contributed by atoms with van der Waals surface area (Å²) in [6.07, 6.45) is -0.00137. The fourth-order valence-electron chi connectivity index (χ4n) is 2.50. The molecule has 0 saturated carbocycles. The molecule has 7 heteroatoms. The number of carboxylic acids is 1. The predicted octanol–water partition coefficient (Wildman–Crippen LogP) is 1.57. The highest BCUT2D eigenvalue weighted by Gasteiger charge is 2.44. The summed E-state index contributed by atoms with van der Waals surface area (Å²) in [4.78, 5) is 37.7. The molecule has 3 amide bonds. The van der Waals surface area contributed by atoms with Gasteiger partial charge in [0.25, 0.3) is 5.91 Å². The summed E-state index contributed by atoms with van der Waals surface area (Å²) in [5.41, 5.74) is -1.27. The fraction of sp³-hybridized carbons (Fsp3) is 0.800. The van der Waals surface area contributed by atoms with Gasteiger partial charge >= 0.3 is 12.0 Å². The molecule has 0 spiro atoms. The molecule has 1 heterocycles. The van der Waals surface area contributed by atoms with Gasteiger partial charge in [-0.25, -0.2) is 4.79 Å². The number of carbonyl (C=O) groups is 3. The SMILES string of the molecule is CCN1CC(=O)N(C(C)(C)COCC(C)(C)CC(=O)O)C1=O. The first-order valence-corrected chi connectivity index (χ1v) is 7.42. The van der Waals surface area contributed by atoms with Crippen LogP contribution < -0.4 is 0 Å². The highest BCUT2D eigenvalue weighted by molar-refractivity contribution is 6.02. The van der Waals surface area contributed by atoms with Crippen molar-refractivity contribution in [2.75, 3.05) is 26.3 Å². The largest absolute Gasteiger partial charge is 0.481 e. The molecule has 22 heavy (non-hydrogen) atoms. The first kappa shape index (κ1) is 18.4. The number of hydrogen-bond acceptors (Lipinski definition) is 4. The van der Waals surface area contributed by atoms with Crippen LogP contribution in [0.1, 0.15) is 41.0 Å². The van der Waals surface area contributed by atoms with Crippen molar-refractivity contribution >= 4 is 17.9 Å². The van der Waals surface area contributed by atoms with Gasteiger partial charge in [-0.15, -0.1) is 0 Å². The first-order chi connectivity index (χ1) is 10.00. The lowest BCUT2D eigenvalue weighted by atomic mass is 9.90. The van der Waals surface area contributed by atoms with Crippen molar-refractivity contribution in [2.24, 2.45) is 5.41 Å². The summed E-state index contributed by atoms with van der Waals surface area (Å²) in [7, 11) is 0. The third-order valence-electron chi connectivity index (χ3n) is 3.60. The molecule has 1 rings (SSSR count). The highest BCUT2D eigenvalue weighted by Crippen LogP contribution is 2.25. The minimum absolute atomic E-state index is 0.00137. The van der Waals surface area contributed by atoms with Crippen molar-refractivity contribution in [1.29, 1.82) is 0 Å². The molecule has 0 aliphatic carbocycles. The second-order valence-corrected chi connectivity index (χ2v) is 7.07. The maximum atomic E-state index is 12.2. The van der Waals surface area contributed by atoms with Crippen molar-refractivity contribution in [3.63, 3.8) is 0 Å². The molecule has 126 valence electrons. The molecule has 1 aliphatic rings. The van der Waals surface area contributed by atoms with Crippen LogP contribution in [0.2, 0.25) is 0 Å². The second kappa shape index (κ2) is 6.64. The number of ether oxygens (including phenoxy) is 1. The van der Waals surface area contributed by atoms with Crippen molar-refractivity contribution < 1.29 is 24.2 Å². The molecular weight excluding hydrogens is 288 g/mol. The normalized spacial score (nSPS) is 16.6. The lowest BCUT2D eigenvalue weighted by Gasteiger charge is -2.34. The number of rotatable bonds is 8. The van der Waals surface area contributed by atoms with E-state index in [-0.39, 0.29) is 38.1 Å². The van der Waals surface area contributed by atoms with E-state index in [9.17, 15) is 14.4 Å². The Balaban J connectivity index is 2.62. The van der Waals surface area contributed by atoms with E-state index in [0.29, 0.717) is 6.54 Å². The van der Waals surface area contributed by atoms with Gasteiger partial charge in [0.1, 0.15) is 6.54 Å². The van der Waals surface area contributed by atoms with E-state index in [1.54, 1.807) is 27.7 Å². The van der Waals surface area contributed by atoms with Crippen LogP contribution in [0.4, 0.5) is 4.79 Å². The van der Waals surface area contributed by atoms with E-state index in [0.717, 1.165) is 0 Å². The Bertz CT molecular complexity index is 459. The molecule has 0 aromatic heterocycles. The highest BCUT2D eigenvalue weighted by atomic mass is 16.5. The number of imide groups is 1. The van der Waals surface area contributed by atoms with E-state index in [1.165, 1.54) is 9.80 Å². The van der Waals surface area contributed by atoms with Gasteiger partial charge in [-0.1, -0.05) is 13.8 Å². The molecule has 0 atom stereocenters. The molecule has 0 bridgehead atoms. The fourth-order valence-corrected chi connectivity index (χ4v) is 2.50. The number of urea groups is 1. The standard InChI is InChI=1S/C15H26N2O5/c1-6-16-8-11(18)17(13(16)21)15(4,5)10-22-9-14(2,3)7-12(19)20/h6-10H2,1-5H3,(H,19,20). The summed E-state index contributed by atoms with van der Waals surface area (Å²) >= 11 is 0. The molecule has 0 aromatic rings. The van der Waals surface area contributed by atoms with Crippen LogP contribution in [-0.4, -0.2) is 64.7 Å². The lowest BCUT2D eigenvalue weighted by molar-refractivity contribution is -0.140. The van der Waals surface area contributed by atoms with Crippen LogP contribution in [0.15, 0.2) is 0 Å². The molecule has 1 saturated heterocycles. The molecule has 0 radical (unpaired) electrons. The van der Waals surface area contributed by atoms with Crippen LogP contribution in [0.25, 0.3) is 0 Å². The maximum Gasteiger partial charge on any atom is 0.327 e. The minimum atomic E-state index is -0.878. The van der Waals surface area contributed by atoms with Gasteiger partial charge in [-0.3, -0.25) is 14.5 Å². The Morgan fingerprint density at radius 3 is 2.27 bits per heavy atom. The number of aliphatic carboxylic acids is 1. The van der Waals surface area contributed by atoms with Crippen molar-refractivity contribution in [3.05, 3.63) is 0 Å². The molecule has 0 unspecified atom stereocenters. The molecule has 0 aromatic carbocycles. The van der Waals surface area contributed by atoms with Gasteiger partial charge in [0.15, 0.2) is 0 Å². The van der Waals surface area contributed by atoms with Gasteiger partial charge in [-0.05, 0) is 26.2 Å². The number of likely N-dealkylation sites (N-methyl/N-ethyl adjacent to an activating group) is 1. The zero-order chi connectivity index (χ0) is 17.1. The topological polar surface area (TPSA) is 87.2 Å². The second-order valence-electron chi connectivity index (χ2n) is 7.07. The van der Waals surface area contributed by atoms with Crippen molar-refractivity contribution in [2.45, 2.75) is 46.6 Å². The van der Waals surface area contributed by atoms with Crippen LogP contribution in [-0.2, 0) is 14.3 Å². The van der Waals surface area contributed by atoms with Crippen LogP contribution >= 0.6 is 0 Å². The van der Waals surface area contributed by atoms with E-state index >= 15 is 0 Å². The van der Waals surface area contributed by atoms with Gasteiger partial charge in [0.05, 0.1) is 25.2 Å². The third-order valence-corrected chi connectivity index (χ3v) is 3.60. The van der Waals surface area contributed by atoms with E-state index in [1.807, 2.05) is 6.92 Å². The Morgan fingerprint density at radius 1 is 1.23 bits per heavy atom. The van der Waals surface area contributed by atoms with E-state index < -0.39 is 16.9 Å². The minimum Gasteiger partial charge on any atom is -0.481 e. The van der Waals surface area contributed by atoms with Gasteiger partial charge < -0.3 is 14.7 Å². The van der Waals surface area contributed by atoms with Crippen molar-refractivity contribution in [3.8, 4) is 0 Å². The van der Waals surface area contributed by atoms with Crippen LogP contribution in [0, 0.1) is 5.41 Å². The zero-order valence-corrected chi connectivity index (χ0v) is 14.0. The monoisotopic (exact) mass is 314 g/mol. The maximum absolute atomic E-state index is 12.2. The van der Waals surface area contributed by atoms with Gasteiger partial charge in [0.2, 0.25) is 0 Å². The van der Waals surface area contributed by atoms with E-state index in [2.05, 4.69) is 0 Å². The summed E-state index contributed by atoms with van der Waals surface area (Å²) in [5.74, 6) is -1.11. The summed E-state index contributed by atoms with van der Waals surface area (Å²) in [6.45, 7) is 9.98. The average molecular weight is 314 g/mol. The Hall–Kier alpha value is -1.63. The zero-order valence-electron chi connectivity index (χ0n) is 14.0. The number of carbonyl (C=O) groups excluding carboxylic acids is 2. The number of hydrogen-bond donors (Lipinski definition) is 1. The molecule has 7 nitrogen and oxygen atoms in total. The number of amides is 3.